The van der Waals surface area contributed by atoms with Crippen LogP contribution in [0.5, 0.6) is 23.1 Å². The molecule has 7 heteroatoms. The van der Waals surface area contributed by atoms with E-state index in [1.165, 1.54) is 5.56 Å². The topological polar surface area (TPSA) is 69.7 Å². The number of benzene rings is 2. The number of rotatable bonds is 11. The molecule has 35 heavy (non-hydrogen) atoms. The predicted octanol–water partition coefficient (Wildman–Crippen LogP) is 6.52. The van der Waals surface area contributed by atoms with E-state index in [0.717, 1.165) is 47.5 Å². The number of carbonyl (C=O) groups is 1. The highest BCUT2D eigenvalue weighted by molar-refractivity contribution is 7.97. The molecule has 2 unspecified atom stereocenters. The summed E-state index contributed by atoms with van der Waals surface area (Å²) < 4.78 is 20.6. The van der Waals surface area contributed by atoms with Crippen molar-refractivity contribution in [1.82, 2.24) is 9.71 Å². The maximum atomic E-state index is 11.1. The van der Waals surface area contributed by atoms with Gasteiger partial charge in [0.15, 0.2) is 0 Å². The summed E-state index contributed by atoms with van der Waals surface area (Å²) in [6, 6.07) is 17.8. The number of nitrogens with one attached hydrogen (secondary N) is 1. The Kier molecular flexibility index (Phi) is 10.4. The molecule has 1 aliphatic carbocycles. The Morgan fingerprint density at radius 3 is 2.54 bits per heavy atom. The van der Waals surface area contributed by atoms with Crippen LogP contribution in [0.25, 0.3) is 0 Å². The minimum Gasteiger partial charge on any atom is -0.486 e. The molecule has 2 aromatic carbocycles. The first-order valence-electron chi connectivity index (χ1n) is 12.0. The number of aldehydes is 1. The maximum Gasteiger partial charge on any atom is 0.213 e. The molecular formula is C28H34N2O4S. The summed E-state index contributed by atoms with van der Waals surface area (Å²) in [6.45, 7) is 4.00. The molecule has 0 fully saturated rings. The van der Waals surface area contributed by atoms with Crippen LogP contribution in [0.15, 0.2) is 60.8 Å². The van der Waals surface area contributed by atoms with Crippen molar-refractivity contribution in [3.8, 4) is 23.1 Å². The maximum absolute atomic E-state index is 11.1. The van der Waals surface area contributed by atoms with Crippen LogP contribution >= 0.6 is 11.9 Å². The number of aromatic nitrogens is 1. The van der Waals surface area contributed by atoms with Crippen LogP contribution in [0.4, 0.5) is 0 Å². The van der Waals surface area contributed by atoms with Gasteiger partial charge in [-0.05, 0) is 55.3 Å². The first kappa shape index (κ1) is 26.6. The van der Waals surface area contributed by atoms with Crippen molar-refractivity contribution in [2.45, 2.75) is 45.1 Å². The van der Waals surface area contributed by atoms with Crippen LogP contribution in [0, 0.1) is 0 Å². The summed E-state index contributed by atoms with van der Waals surface area (Å²) in [7, 11) is 3.48. The number of pyridine rings is 1. The van der Waals surface area contributed by atoms with Crippen molar-refractivity contribution in [1.29, 1.82) is 0 Å². The fourth-order valence-corrected chi connectivity index (χ4v) is 4.76. The second-order valence-electron chi connectivity index (χ2n) is 7.79. The number of ether oxygens (including phenoxy) is 3. The second-order valence-corrected chi connectivity index (χ2v) is 8.82. The molecule has 0 saturated heterocycles. The van der Waals surface area contributed by atoms with Gasteiger partial charge < -0.3 is 19.0 Å². The quantitative estimate of drug-likeness (QED) is 0.240. The molecule has 6 nitrogen and oxygen atoms in total. The van der Waals surface area contributed by atoms with Gasteiger partial charge in [0.25, 0.3) is 0 Å². The van der Waals surface area contributed by atoms with Crippen molar-refractivity contribution >= 4 is 18.2 Å². The lowest BCUT2D eigenvalue weighted by molar-refractivity contribution is -0.108. The van der Waals surface area contributed by atoms with Crippen molar-refractivity contribution < 1.29 is 19.0 Å². The molecule has 4 rings (SSSR count). The number of hydrogen-bond donors (Lipinski definition) is 1. The van der Waals surface area contributed by atoms with Crippen LogP contribution in [0.2, 0.25) is 0 Å². The molecule has 186 valence electrons. The molecular weight excluding hydrogens is 460 g/mol. The standard InChI is InChI=1S/C26H28N2O4S.C2H6/c1-27-33-17-19(14-15-29)18-6-8-20(9-7-18)31-25-12-11-23-22(25)4-3-5-24(23)32-21-10-13-26(30-2)28-16-21;1-2/h3-10,13,15-16,19,25,27H,11-12,14,17H2,1-2H3;1-2H3. The number of fused-ring (bicyclic) bond motifs is 1. The van der Waals surface area contributed by atoms with Gasteiger partial charge in [-0.2, -0.15) is 0 Å². The zero-order valence-electron chi connectivity index (χ0n) is 20.8. The molecule has 1 aromatic heterocycles. The summed E-state index contributed by atoms with van der Waals surface area (Å²) in [5.74, 6) is 3.92. The molecule has 0 aliphatic heterocycles. The molecule has 0 radical (unpaired) electrons. The lowest BCUT2D eigenvalue weighted by Crippen LogP contribution is -2.07. The summed E-state index contributed by atoms with van der Waals surface area (Å²) in [6.07, 6.45) is 4.93. The van der Waals surface area contributed by atoms with Gasteiger partial charge in [0.2, 0.25) is 5.88 Å². The van der Waals surface area contributed by atoms with E-state index in [1.54, 1.807) is 31.3 Å². The van der Waals surface area contributed by atoms with Gasteiger partial charge in [-0.3, -0.25) is 4.72 Å². The summed E-state index contributed by atoms with van der Waals surface area (Å²) in [5, 5.41) is 0. The normalized spacial score (nSPS) is 14.8. The van der Waals surface area contributed by atoms with E-state index in [2.05, 4.69) is 27.9 Å². The van der Waals surface area contributed by atoms with Crippen LogP contribution in [-0.2, 0) is 11.2 Å². The Hall–Kier alpha value is -3.03. The minimum absolute atomic E-state index is 0.0194. The Labute approximate surface area is 212 Å². The van der Waals surface area contributed by atoms with E-state index in [1.807, 2.05) is 51.2 Å². The first-order valence-corrected chi connectivity index (χ1v) is 13.0. The Balaban J connectivity index is 0.00000167. The van der Waals surface area contributed by atoms with Crippen LogP contribution in [0.1, 0.15) is 55.4 Å². The average molecular weight is 495 g/mol. The van der Waals surface area contributed by atoms with Crippen LogP contribution in [-0.4, -0.2) is 31.2 Å². The number of hydrogen-bond acceptors (Lipinski definition) is 7. The molecule has 0 spiro atoms. The van der Waals surface area contributed by atoms with E-state index in [-0.39, 0.29) is 12.0 Å². The van der Waals surface area contributed by atoms with Gasteiger partial charge in [-0.1, -0.05) is 50.1 Å². The first-order chi connectivity index (χ1) is 17.2. The molecule has 2 atom stereocenters. The number of carbonyl (C=O) groups excluding carboxylic acids is 1. The zero-order chi connectivity index (χ0) is 25.0. The van der Waals surface area contributed by atoms with E-state index < -0.39 is 0 Å². The van der Waals surface area contributed by atoms with Gasteiger partial charge in [0.1, 0.15) is 29.6 Å². The minimum atomic E-state index is -0.0194. The predicted molar refractivity (Wildman–Crippen MR) is 142 cm³/mol. The number of methoxy groups -OCH3 is 1. The van der Waals surface area contributed by atoms with Crippen molar-refractivity contribution in [2.75, 3.05) is 19.9 Å². The Morgan fingerprint density at radius 1 is 1.11 bits per heavy atom. The van der Waals surface area contributed by atoms with Gasteiger partial charge in [0, 0.05) is 29.7 Å². The Morgan fingerprint density at radius 2 is 1.89 bits per heavy atom. The van der Waals surface area contributed by atoms with E-state index in [9.17, 15) is 4.79 Å². The monoisotopic (exact) mass is 494 g/mol. The average Bonchev–Trinajstić information content (AvgIpc) is 3.32. The van der Waals surface area contributed by atoms with Gasteiger partial charge in [-0.25, -0.2) is 4.98 Å². The molecule has 0 bridgehead atoms. The molecule has 3 aromatic rings. The van der Waals surface area contributed by atoms with Gasteiger partial charge in [0.05, 0.1) is 13.3 Å². The summed E-state index contributed by atoms with van der Waals surface area (Å²) in [5.41, 5.74) is 3.47. The third-order valence-electron chi connectivity index (χ3n) is 5.76. The zero-order valence-corrected chi connectivity index (χ0v) is 21.6. The highest BCUT2D eigenvalue weighted by Crippen LogP contribution is 2.41. The van der Waals surface area contributed by atoms with Crippen LogP contribution in [0.3, 0.4) is 0 Å². The molecule has 1 aliphatic rings. The molecule has 1 heterocycles. The Bertz CT molecular complexity index is 1060. The molecule has 1 N–H and O–H groups in total. The van der Waals surface area contributed by atoms with Crippen molar-refractivity contribution in [3.63, 3.8) is 0 Å². The van der Waals surface area contributed by atoms with Crippen molar-refractivity contribution in [2.24, 2.45) is 0 Å². The highest BCUT2D eigenvalue weighted by Gasteiger charge is 2.27. The number of nitrogens with zero attached hydrogens (tertiary/aromatic N) is 1. The van der Waals surface area contributed by atoms with Crippen molar-refractivity contribution in [3.05, 3.63) is 77.5 Å². The van der Waals surface area contributed by atoms with E-state index in [0.29, 0.717) is 18.1 Å². The fraction of sp³-hybridized carbons (Fsp3) is 0.357. The highest BCUT2D eigenvalue weighted by atomic mass is 32.2. The summed E-state index contributed by atoms with van der Waals surface area (Å²) in [4.78, 5) is 15.3. The van der Waals surface area contributed by atoms with Crippen LogP contribution < -0.4 is 18.9 Å². The second kappa shape index (κ2) is 13.8. The third-order valence-corrected chi connectivity index (χ3v) is 6.62. The van der Waals surface area contributed by atoms with Gasteiger partial charge in [-0.15, -0.1) is 0 Å². The van der Waals surface area contributed by atoms with E-state index in [4.69, 9.17) is 14.2 Å². The summed E-state index contributed by atoms with van der Waals surface area (Å²) >= 11 is 1.62. The fourth-order valence-electron chi connectivity index (χ4n) is 4.06. The third kappa shape index (κ3) is 6.99. The SMILES string of the molecule is CC.CNSCC(CC=O)c1ccc(OC2CCc3c(Oc4ccc(OC)nc4)cccc32)cc1. The molecule has 0 amide bonds. The lowest BCUT2D eigenvalue weighted by Gasteiger charge is -2.18. The molecule has 0 saturated carbocycles. The van der Waals surface area contributed by atoms with Gasteiger partial charge >= 0.3 is 0 Å². The largest absolute Gasteiger partial charge is 0.486 e. The smallest absolute Gasteiger partial charge is 0.213 e. The van der Waals surface area contributed by atoms with E-state index >= 15 is 0 Å². The lowest BCUT2D eigenvalue weighted by atomic mass is 9.98.